The van der Waals surface area contributed by atoms with Crippen LogP contribution in [0.1, 0.15) is 22.2 Å². The van der Waals surface area contributed by atoms with Gasteiger partial charge in [0.15, 0.2) is 4.91 Å². The van der Waals surface area contributed by atoms with Gasteiger partial charge in [-0.15, -0.1) is 11.3 Å². The number of halogens is 1. The number of allylic oxidation sites excluding steroid dienone is 1. The fourth-order valence-electron chi connectivity index (χ4n) is 3.21. The third kappa shape index (κ3) is 4.40. The summed E-state index contributed by atoms with van der Waals surface area (Å²) in [5, 5.41) is 7.78. The molecule has 7 nitrogen and oxygen atoms in total. The number of anilines is 3. The van der Waals surface area contributed by atoms with Crippen LogP contribution in [0.15, 0.2) is 71.1 Å². The summed E-state index contributed by atoms with van der Waals surface area (Å²) in [4.78, 5) is 24.1. The summed E-state index contributed by atoms with van der Waals surface area (Å²) in [6.45, 7) is 1.48. The number of rotatable bonds is 5. The molecule has 0 unspecified atom stereocenters. The molecule has 2 N–H and O–H groups in total. The van der Waals surface area contributed by atoms with Gasteiger partial charge in [0.05, 0.1) is 12.2 Å². The maximum atomic E-state index is 13.4. The fraction of sp³-hybridized carbons (Fsp3) is 0.0909. The number of sulfonamides is 1. The van der Waals surface area contributed by atoms with E-state index < -0.39 is 15.8 Å². The van der Waals surface area contributed by atoms with Crippen LogP contribution in [0.3, 0.4) is 0 Å². The summed E-state index contributed by atoms with van der Waals surface area (Å²) in [6.07, 6.45) is 1.21. The van der Waals surface area contributed by atoms with Gasteiger partial charge in [-0.3, -0.25) is 13.9 Å². The molecule has 0 saturated carbocycles. The highest BCUT2D eigenvalue weighted by atomic mass is 35.5. The highest BCUT2D eigenvalue weighted by Crippen LogP contribution is 2.39. The van der Waals surface area contributed by atoms with Gasteiger partial charge in [0.2, 0.25) is 11.7 Å². The predicted molar refractivity (Wildman–Crippen MR) is 128 cm³/mol. The highest BCUT2D eigenvalue weighted by Gasteiger charge is 2.41. The molecular formula is C22H18ClN3O4S2. The first-order chi connectivity index (χ1) is 15.3. The number of carbonyl (C=O) groups excluding carboxylic acids is 2. The summed E-state index contributed by atoms with van der Waals surface area (Å²) in [7, 11) is -4.10. The van der Waals surface area contributed by atoms with Gasteiger partial charge in [0, 0.05) is 29.5 Å². The number of ketones is 1. The van der Waals surface area contributed by atoms with E-state index in [0.717, 1.165) is 5.56 Å². The van der Waals surface area contributed by atoms with Gasteiger partial charge in [0.1, 0.15) is 4.88 Å². The summed E-state index contributed by atoms with van der Waals surface area (Å²) >= 11 is 7.14. The average Bonchev–Trinajstić information content (AvgIpc) is 3.23. The standard InChI is InChI=1S/C22H18ClN3O4S2/c1-14(27)25-18-8-6-17(7-9-18)24-12-20-21(28)22-19(10-11-31-22)26(32(20,29)30)13-15-2-4-16(23)5-3-15/h2-12,24H,13H2,1H3,(H,25,27)/b20-12-. The van der Waals surface area contributed by atoms with Gasteiger partial charge in [0.25, 0.3) is 10.0 Å². The van der Waals surface area contributed by atoms with Crippen molar-refractivity contribution >= 4 is 61.7 Å². The molecule has 4 rings (SSSR count). The van der Waals surface area contributed by atoms with E-state index in [2.05, 4.69) is 10.6 Å². The topological polar surface area (TPSA) is 95.6 Å². The largest absolute Gasteiger partial charge is 0.360 e. The molecule has 1 aromatic heterocycles. The molecule has 32 heavy (non-hydrogen) atoms. The van der Waals surface area contributed by atoms with E-state index in [1.54, 1.807) is 60.0 Å². The van der Waals surface area contributed by atoms with Crippen molar-refractivity contribution in [1.82, 2.24) is 0 Å². The van der Waals surface area contributed by atoms with Crippen LogP contribution in [0, 0.1) is 0 Å². The smallest absolute Gasteiger partial charge is 0.270 e. The van der Waals surface area contributed by atoms with Crippen molar-refractivity contribution in [1.29, 1.82) is 0 Å². The number of benzene rings is 2. The molecule has 2 heterocycles. The normalized spacial score (nSPS) is 16.0. The minimum Gasteiger partial charge on any atom is -0.360 e. The van der Waals surface area contributed by atoms with Gasteiger partial charge in [-0.25, -0.2) is 8.42 Å². The molecule has 0 atom stereocenters. The van der Waals surface area contributed by atoms with Gasteiger partial charge >= 0.3 is 0 Å². The van der Waals surface area contributed by atoms with Crippen molar-refractivity contribution in [3.05, 3.63) is 86.5 Å². The summed E-state index contributed by atoms with van der Waals surface area (Å²) in [6, 6.07) is 15.2. The minimum absolute atomic E-state index is 0.0687. The van der Waals surface area contributed by atoms with E-state index >= 15 is 0 Å². The summed E-state index contributed by atoms with van der Waals surface area (Å²) in [5.41, 5.74) is 2.28. The summed E-state index contributed by atoms with van der Waals surface area (Å²) in [5.74, 6) is -0.746. The second-order valence-electron chi connectivity index (χ2n) is 7.01. The SMILES string of the molecule is CC(=O)Nc1ccc(N/C=C2/C(=O)c3sccc3N(Cc3ccc(Cl)cc3)S2(=O)=O)cc1. The van der Waals surface area contributed by atoms with Crippen molar-refractivity contribution < 1.29 is 18.0 Å². The predicted octanol–water partition coefficient (Wildman–Crippen LogP) is 4.85. The second-order valence-corrected chi connectivity index (χ2v) is 10.2. The molecule has 0 bridgehead atoms. The fourth-order valence-corrected chi connectivity index (χ4v) is 5.82. The van der Waals surface area contributed by atoms with Gasteiger partial charge in [-0.2, -0.15) is 0 Å². The van der Waals surface area contributed by atoms with Crippen LogP contribution in [-0.2, 0) is 21.4 Å². The Morgan fingerprint density at radius 3 is 2.38 bits per heavy atom. The van der Waals surface area contributed by atoms with Gasteiger partial charge in [-0.05, 0) is 53.4 Å². The first kappa shape index (κ1) is 22.1. The molecule has 3 aromatic rings. The lowest BCUT2D eigenvalue weighted by Crippen LogP contribution is -2.38. The lowest BCUT2D eigenvalue weighted by molar-refractivity contribution is -0.114. The zero-order chi connectivity index (χ0) is 22.9. The highest BCUT2D eigenvalue weighted by molar-refractivity contribution is 7.97. The van der Waals surface area contributed by atoms with Gasteiger partial charge in [-0.1, -0.05) is 23.7 Å². The minimum atomic E-state index is -4.10. The number of thiophene rings is 1. The second kappa shape index (κ2) is 8.78. The molecule has 2 aromatic carbocycles. The zero-order valence-corrected chi connectivity index (χ0v) is 19.2. The average molecular weight is 488 g/mol. The summed E-state index contributed by atoms with van der Waals surface area (Å²) < 4.78 is 28.0. The molecule has 1 aliphatic heterocycles. The number of Topliss-reactive ketones (excluding diaryl/α,β-unsaturated/α-hetero) is 1. The molecule has 164 valence electrons. The Bertz CT molecular complexity index is 1310. The van der Waals surface area contributed by atoms with Crippen LogP contribution in [0.4, 0.5) is 17.1 Å². The van der Waals surface area contributed by atoms with Crippen LogP contribution in [0.2, 0.25) is 5.02 Å². The van der Waals surface area contributed by atoms with Crippen molar-refractivity contribution in [3.63, 3.8) is 0 Å². The first-order valence-corrected chi connectivity index (χ1v) is 12.2. The van der Waals surface area contributed by atoms with Crippen molar-refractivity contribution in [2.24, 2.45) is 0 Å². The number of fused-ring (bicyclic) bond motifs is 1. The molecular weight excluding hydrogens is 470 g/mol. The molecule has 1 amide bonds. The quantitative estimate of drug-likeness (QED) is 0.502. The van der Waals surface area contributed by atoms with E-state index in [-0.39, 0.29) is 17.4 Å². The number of carbonyl (C=O) groups is 2. The van der Waals surface area contributed by atoms with Crippen LogP contribution < -0.4 is 14.9 Å². The Labute approximate surface area is 194 Å². The van der Waals surface area contributed by atoms with Crippen LogP contribution >= 0.6 is 22.9 Å². The van der Waals surface area contributed by atoms with Crippen molar-refractivity contribution in [3.8, 4) is 0 Å². The molecule has 0 fully saturated rings. The van der Waals surface area contributed by atoms with Crippen LogP contribution in [-0.4, -0.2) is 20.1 Å². The molecule has 10 heteroatoms. The lowest BCUT2D eigenvalue weighted by Gasteiger charge is -2.29. The van der Waals surface area contributed by atoms with E-state index in [1.165, 1.54) is 28.8 Å². The monoisotopic (exact) mass is 487 g/mol. The Kier molecular flexibility index (Phi) is 6.05. The Hall–Kier alpha value is -3.14. The number of nitrogens with zero attached hydrogens (tertiary/aromatic N) is 1. The Balaban J connectivity index is 1.65. The van der Waals surface area contributed by atoms with E-state index in [9.17, 15) is 18.0 Å². The number of hydrogen-bond donors (Lipinski definition) is 2. The zero-order valence-electron chi connectivity index (χ0n) is 16.8. The van der Waals surface area contributed by atoms with E-state index in [4.69, 9.17) is 11.6 Å². The molecule has 0 spiro atoms. The maximum absolute atomic E-state index is 13.4. The van der Waals surface area contributed by atoms with Crippen LogP contribution in [0.5, 0.6) is 0 Å². The van der Waals surface area contributed by atoms with Gasteiger partial charge < -0.3 is 10.6 Å². The lowest BCUT2D eigenvalue weighted by atomic mass is 10.2. The number of nitrogens with one attached hydrogen (secondary N) is 2. The molecule has 1 aliphatic rings. The Morgan fingerprint density at radius 1 is 1.06 bits per heavy atom. The molecule has 0 radical (unpaired) electrons. The maximum Gasteiger partial charge on any atom is 0.270 e. The van der Waals surface area contributed by atoms with E-state index in [0.29, 0.717) is 27.0 Å². The number of amides is 1. The Morgan fingerprint density at radius 2 is 1.72 bits per heavy atom. The first-order valence-electron chi connectivity index (χ1n) is 9.49. The van der Waals surface area contributed by atoms with Crippen molar-refractivity contribution in [2.45, 2.75) is 13.5 Å². The third-order valence-corrected chi connectivity index (χ3v) is 7.65. The van der Waals surface area contributed by atoms with E-state index in [1.807, 2.05) is 0 Å². The molecule has 0 saturated heterocycles. The van der Waals surface area contributed by atoms with Crippen LogP contribution in [0.25, 0.3) is 0 Å². The number of hydrogen-bond acceptors (Lipinski definition) is 6. The van der Waals surface area contributed by atoms with Crippen molar-refractivity contribution in [2.75, 3.05) is 14.9 Å². The third-order valence-electron chi connectivity index (χ3n) is 4.73. The molecule has 0 aliphatic carbocycles.